The van der Waals surface area contributed by atoms with Gasteiger partial charge in [0.25, 0.3) is 5.69 Å². The predicted molar refractivity (Wildman–Crippen MR) is 60.8 cm³/mol. The molecule has 0 radical (unpaired) electrons. The number of nitrogens with two attached hydrogens (primary N) is 1. The first-order valence-electron chi connectivity index (χ1n) is 4.51. The van der Waals surface area contributed by atoms with Crippen LogP contribution in [0.5, 0.6) is 0 Å². The number of carbonyl (C=O) groups is 1. The van der Waals surface area contributed by atoms with Crippen LogP contribution in [0.25, 0.3) is 0 Å². The van der Waals surface area contributed by atoms with Gasteiger partial charge < -0.3 is 0 Å². The van der Waals surface area contributed by atoms with E-state index < -0.39 is 4.92 Å². The van der Waals surface area contributed by atoms with Gasteiger partial charge in [0.05, 0.1) is 9.82 Å². The van der Waals surface area contributed by atoms with Crippen molar-refractivity contribution < 1.29 is 9.72 Å². The molecule has 16 heavy (non-hydrogen) atoms. The number of amides is 1. The Hall–Kier alpha value is -1.60. The third-order valence-corrected chi connectivity index (χ3v) is 2.87. The van der Waals surface area contributed by atoms with E-state index in [1.807, 2.05) is 5.43 Å². The molecule has 3 N–H and O–H groups in total. The summed E-state index contributed by atoms with van der Waals surface area (Å²) in [4.78, 5) is 21.6. The van der Waals surface area contributed by atoms with Crippen molar-refractivity contribution >= 4 is 23.4 Å². The van der Waals surface area contributed by atoms with Gasteiger partial charge in [-0.3, -0.25) is 20.3 Å². The smallest absolute Gasteiger partial charge is 0.282 e. The molecule has 0 bridgehead atoms. The molecule has 0 aliphatic carbocycles. The zero-order valence-corrected chi connectivity index (χ0v) is 9.20. The quantitative estimate of drug-likeness (QED) is 0.264. The van der Waals surface area contributed by atoms with E-state index in [1.165, 1.54) is 17.8 Å². The third kappa shape index (κ3) is 3.52. The monoisotopic (exact) mass is 241 g/mol. The lowest BCUT2D eigenvalue weighted by molar-refractivity contribution is -0.387. The van der Waals surface area contributed by atoms with Crippen LogP contribution < -0.4 is 11.3 Å². The van der Waals surface area contributed by atoms with Gasteiger partial charge in [-0.1, -0.05) is 12.1 Å². The maximum absolute atomic E-state index is 10.8. The number of hydrogen-bond acceptors (Lipinski definition) is 5. The summed E-state index contributed by atoms with van der Waals surface area (Å²) < 4.78 is 0. The number of benzene rings is 1. The van der Waals surface area contributed by atoms with Crippen molar-refractivity contribution in [3.8, 4) is 0 Å². The minimum atomic E-state index is -0.439. The number of hydrazine groups is 1. The summed E-state index contributed by atoms with van der Waals surface area (Å²) in [5.74, 6) is 5.08. The molecule has 1 amide bonds. The van der Waals surface area contributed by atoms with Crippen molar-refractivity contribution in [1.29, 1.82) is 0 Å². The van der Waals surface area contributed by atoms with Gasteiger partial charge in [0.1, 0.15) is 0 Å². The third-order valence-electron chi connectivity index (χ3n) is 1.81. The maximum atomic E-state index is 10.8. The lowest BCUT2D eigenvalue weighted by Crippen LogP contribution is -2.30. The predicted octanol–water partition coefficient (Wildman–Crippen LogP) is 1.07. The average Bonchev–Trinajstić information content (AvgIpc) is 2.29. The van der Waals surface area contributed by atoms with Crippen molar-refractivity contribution in [3.63, 3.8) is 0 Å². The van der Waals surface area contributed by atoms with Gasteiger partial charge in [0.15, 0.2) is 0 Å². The molecule has 0 aliphatic rings. The fourth-order valence-electron chi connectivity index (χ4n) is 1.06. The topological polar surface area (TPSA) is 98.3 Å². The second kappa shape index (κ2) is 6.09. The van der Waals surface area contributed by atoms with Gasteiger partial charge in [0.2, 0.25) is 5.91 Å². The molecule has 1 aromatic carbocycles. The number of para-hydroxylation sites is 1. The van der Waals surface area contributed by atoms with Crippen LogP contribution in [0.2, 0.25) is 0 Å². The van der Waals surface area contributed by atoms with Crippen molar-refractivity contribution in [1.82, 2.24) is 5.43 Å². The first kappa shape index (κ1) is 12.5. The van der Waals surface area contributed by atoms with Gasteiger partial charge >= 0.3 is 0 Å². The van der Waals surface area contributed by atoms with Gasteiger partial charge in [-0.05, 0) is 6.07 Å². The number of carbonyl (C=O) groups excluding carboxylic acids is 1. The van der Waals surface area contributed by atoms with E-state index in [9.17, 15) is 14.9 Å². The minimum Gasteiger partial charge on any atom is -0.294 e. The van der Waals surface area contributed by atoms with E-state index in [-0.39, 0.29) is 18.0 Å². The Kier molecular flexibility index (Phi) is 4.74. The van der Waals surface area contributed by atoms with Crippen molar-refractivity contribution in [2.75, 3.05) is 5.75 Å². The molecule has 0 saturated heterocycles. The maximum Gasteiger partial charge on any atom is 0.282 e. The summed E-state index contributed by atoms with van der Waals surface area (Å²) in [6.07, 6.45) is 0.229. The van der Waals surface area contributed by atoms with Crippen LogP contribution in [0.3, 0.4) is 0 Å². The molecule has 1 aromatic rings. The highest BCUT2D eigenvalue weighted by molar-refractivity contribution is 7.99. The fraction of sp³-hybridized carbons (Fsp3) is 0.222. The normalized spacial score (nSPS) is 9.81. The SMILES string of the molecule is NNC(=O)CCSc1ccccc1[N+](=O)[O-]. The molecule has 6 nitrogen and oxygen atoms in total. The first-order valence-corrected chi connectivity index (χ1v) is 5.49. The standard InChI is InChI=1S/C9H11N3O3S/c10-11-9(13)5-6-16-8-4-2-1-3-7(8)12(14)15/h1-4H,5-6,10H2,(H,11,13). The van der Waals surface area contributed by atoms with E-state index in [1.54, 1.807) is 18.2 Å². The van der Waals surface area contributed by atoms with E-state index in [4.69, 9.17) is 5.84 Å². The molecule has 0 saturated carbocycles. The van der Waals surface area contributed by atoms with E-state index in [0.29, 0.717) is 10.6 Å². The van der Waals surface area contributed by atoms with Gasteiger partial charge in [-0.2, -0.15) is 0 Å². The molecule has 86 valence electrons. The minimum absolute atomic E-state index is 0.0562. The highest BCUT2D eigenvalue weighted by atomic mass is 32.2. The molecule has 7 heteroatoms. The van der Waals surface area contributed by atoms with Gasteiger partial charge in [0, 0.05) is 18.2 Å². The first-order chi connectivity index (χ1) is 7.65. The van der Waals surface area contributed by atoms with Crippen LogP contribution in [-0.4, -0.2) is 16.6 Å². The highest BCUT2D eigenvalue weighted by Gasteiger charge is 2.12. The van der Waals surface area contributed by atoms with Crippen molar-refractivity contribution in [2.45, 2.75) is 11.3 Å². The zero-order valence-electron chi connectivity index (χ0n) is 8.38. The van der Waals surface area contributed by atoms with E-state index >= 15 is 0 Å². The Morgan fingerprint density at radius 2 is 2.19 bits per heavy atom. The molecular formula is C9H11N3O3S. The second-order valence-electron chi connectivity index (χ2n) is 2.89. The highest BCUT2D eigenvalue weighted by Crippen LogP contribution is 2.28. The molecular weight excluding hydrogens is 230 g/mol. The zero-order chi connectivity index (χ0) is 12.0. The molecule has 0 spiro atoms. The fourth-order valence-corrected chi connectivity index (χ4v) is 2.03. The Morgan fingerprint density at radius 3 is 2.81 bits per heavy atom. The van der Waals surface area contributed by atoms with Crippen molar-refractivity contribution in [3.05, 3.63) is 34.4 Å². The van der Waals surface area contributed by atoms with Crippen LogP contribution >= 0.6 is 11.8 Å². The molecule has 0 unspecified atom stereocenters. The van der Waals surface area contributed by atoms with Crippen LogP contribution in [0.15, 0.2) is 29.2 Å². The number of nitro benzene ring substituents is 1. The van der Waals surface area contributed by atoms with Gasteiger partial charge in [-0.25, -0.2) is 5.84 Å². The van der Waals surface area contributed by atoms with Crippen LogP contribution in [-0.2, 0) is 4.79 Å². The van der Waals surface area contributed by atoms with E-state index in [2.05, 4.69) is 0 Å². The molecule has 0 fully saturated rings. The molecule has 0 atom stereocenters. The Morgan fingerprint density at radius 1 is 1.50 bits per heavy atom. The molecule has 0 aliphatic heterocycles. The molecule has 1 rings (SSSR count). The Labute approximate surface area is 96.3 Å². The lowest BCUT2D eigenvalue weighted by Gasteiger charge is -2.02. The van der Waals surface area contributed by atoms with Crippen molar-refractivity contribution in [2.24, 2.45) is 5.84 Å². The van der Waals surface area contributed by atoms with Crippen LogP contribution in [0.1, 0.15) is 6.42 Å². The Balaban J connectivity index is 2.60. The van der Waals surface area contributed by atoms with E-state index in [0.717, 1.165) is 0 Å². The summed E-state index contributed by atoms with van der Waals surface area (Å²) in [6.45, 7) is 0. The summed E-state index contributed by atoms with van der Waals surface area (Å²) in [5, 5.41) is 10.7. The Bertz CT molecular complexity index is 397. The second-order valence-corrected chi connectivity index (χ2v) is 4.03. The largest absolute Gasteiger partial charge is 0.294 e. The summed E-state index contributed by atoms with van der Waals surface area (Å²) in [5.41, 5.74) is 2.06. The number of thioether (sulfide) groups is 1. The van der Waals surface area contributed by atoms with Crippen LogP contribution in [0.4, 0.5) is 5.69 Å². The molecule has 0 heterocycles. The molecule has 0 aromatic heterocycles. The van der Waals surface area contributed by atoms with Crippen LogP contribution in [0, 0.1) is 10.1 Å². The summed E-state index contributed by atoms with van der Waals surface area (Å²) in [6, 6.07) is 6.42. The number of nitro groups is 1. The summed E-state index contributed by atoms with van der Waals surface area (Å²) in [7, 11) is 0. The summed E-state index contributed by atoms with van der Waals surface area (Å²) >= 11 is 1.26. The number of rotatable bonds is 5. The number of nitrogens with one attached hydrogen (secondary N) is 1. The number of hydrogen-bond donors (Lipinski definition) is 2. The average molecular weight is 241 g/mol. The number of nitrogens with zero attached hydrogens (tertiary/aromatic N) is 1. The lowest BCUT2D eigenvalue weighted by atomic mass is 10.3. The van der Waals surface area contributed by atoms with Gasteiger partial charge in [-0.15, -0.1) is 11.8 Å².